The summed E-state index contributed by atoms with van der Waals surface area (Å²) in [5.41, 5.74) is -1.42. The maximum Gasteiger partial charge on any atom is 0.330 e. The minimum absolute atomic E-state index is 0.0274. The lowest BCUT2D eigenvalue weighted by Gasteiger charge is -2.15. The zero-order valence-electron chi connectivity index (χ0n) is 13.2. The number of aromatic amines is 1. The number of hydrogen-bond acceptors (Lipinski definition) is 7. The number of rotatable bonds is 4. The summed E-state index contributed by atoms with van der Waals surface area (Å²) in [5.74, 6) is 0. The zero-order valence-corrected chi connectivity index (χ0v) is 14.7. The number of ether oxygens (including phenoxy) is 1. The quantitative estimate of drug-likeness (QED) is 0.475. The molecule has 0 spiro atoms. The van der Waals surface area contributed by atoms with Crippen LogP contribution in [0.2, 0.25) is 0 Å². The van der Waals surface area contributed by atoms with Crippen molar-refractivity contribution in [3.05, 3.63) is 59.8 Å². The average molecular weight is 428 g/mol. The van der Waals surface area contributed by atoms with E-state index >= 15 is 0 Å². The van der Waals surface area contributed by atoms with Crippen LogP contribution < -0.4 is 11.2 Å². The molecule has 1 unspecified atom stereocenters. The second-order valence-electron chi connectivity index (χ2n) is 5.78. The van der Waals surface area contributed by atoms with Crippen LogP contribution in [0.5, 0.6) is 0 Å². The molecule has 3 N–H and O–H groups in total. The number of H-pyrrole nitrogens is 1. The molecule has 3 atom stereocenters. The normalized spacial score (nSPS) is 22.5. The molecule has 1 fully saturated rings. The second-order valence-corrected chi connectivity index (χ2v) is 6.70. The summed E-state index contributed by atoms with van der Waals surface area (Å²) in [6.07, 6.45) is -1.40. The van der Waals surface area contributed by atoms with Gasteiger partial charge in [-0.15, -0.1) is 0 Å². The fraction of sp³-hybridized carbons (Fsp3) is 0.333. The van der Waals surface area contributed by atoms with Gasteiger partial charge in [0.05, 0.1) is 23.2 Å². The first-order valence-electron chi connectivity index (χ1n) is 7.55. The Bertz CT molecular complexity index is 970. The van der Waals surface area contributed by atoms with Crippen LogP contribution in [-0.2, 0) is 4.74 Å². The van der Waals surface area contributed by atoms with Gasteiger partial charge in [-0.05, 0) is 11.6 Å². The first-order chi connectivity index (χ1) is 12.3. The van der Waals surface area contributed by atoms with Crippen molar-refractivity contribution in [2.75, 3.05) is 6.61 Å². The van der Waals surface area contributed by atoms with E-state index in [1.165, 1.54) is 24.4 Å². The van der Waals surface area contributed by atoms with Crippen molar-refractivity contribution in [3.63, 3.8) is 0 Å². The number of aliphatic hydroxyl groups is 2. The summed E-state index contributed by atoms with van der Waals surface area (Å²) in [5, 5.41) is 30.0. The van der Waals surface area contributed by atoms with Crippen molar-refractivity contribution in [1.29, 1.82) is 0 Å². The van der Waals surface area contributed by atoms with Gasteiger partial charge in [-0.1, -0.05) is 15.9 Å². The Balaban J connectivity index is 2.09. The number of benzene rings is 1. The van der Waals surface area contributed by atoms with Gasteiger partial charge in [0, 0.05) is 29.2 Å². The Hall–Kier alpha value is -2.34. The van der Waals surface area contributed by atoms with Gasteiger partial charge in [-0.25, -0.2) is 4.79 Å². The average Bonchev–Trinajstić information content (AvgIpc) is 2.94. The lowest BCUT2D eigenvalue weighted by molar-refractivity contribution is -0.384. The molecule has 1 aliphatic heterocycles. The van der Waals surface area contributed by atoms with Crippen LogP contribution in [0.3, 0.4) is 0 Å². The highest BCUT2D eigenvalue weighted by atomic mass is 79.9. The number of nitro benzene ring substituents is 1. The highest BCUT2D eigenvalue weighted by Gasteiger charge is 2.35. The second kappa shape index (κ2) is 7.11. The van der Waals surface area contributed by atoms with Gasteiger partial charge >= 0.3 is 5.69 Å². The number of nitrogens with zero attached hydrogens (tertiary/aromatic N) is 2. The predicted molar refractivity (Wildman–Crippen MR) is 92.7 cm³/mol. The number of nitro groups is 1. The molecule has 3 rings (SSSR count). The van der Waals surface area contributed by atoms with Crippen molar-refractivity contribution in [2.45, 2.75) is 24.9 Å². The molecular formula is C15H14BrN3O7. The maximum atomic E-state index is 12.2. The summed E-state index contributed by atoms with van der Waals surface area (Å²) in [4.78, 5) is 36.9. The minimum atomic E-state index is -0.959. The number of nitrogens with one attached hydrogen (secondary N) is 1. The molecule has 1 aromatic heterocycles. The van der Waals surface area contributed by atoms with Gasteiger partial charge in [-0.3, -0.25) is 24.5 Å². The summed E-state index contributed by atoms with van der Waals surface area (Å²) < 4.78 is 6.91. The third kappa shape index (κ3) is 3.46. The molecule has 138 valence electrons. The SMILES string of the molecule is O=c1[nH]c(=O)n([C@H]2C[C@H](O)C(CO)O2)cc1-c1cc(Br)cc([N+](=O)[O-])c1. The largest absolute Gasteiger partial charge is 0.394 e. The number of hydrogen-bond donors (Lipinski definition) is 3. The molecule has 0 aliphatic carbocycles. The molecular weight excluding hydrogens is 414 g/mol. The molecule has 0 radical (unpaired) electrons. The highest BCUT2D eigenvalue weighted by molar-refractivity contribution is 9.10. The third-order valence-electron chi connectivity index (χ3n) is 4.07. The third-order valence-corrected chi connectivity index (χ3v) is 4.52. The van der Waals surface area contributed by atoms with Crippen LogP contribution in [-0.4, -0.2) is 43.5 Å². The van der Waals surface area contributed by atoms with Gasteiger partial charge in [0.1, 0.15) is 12.3 Å². The molecule has 2 heterocycles. The molecule has 0 saturated carbocycles. The first-order valence-corrected chi connectivity index (χ1v) is 8.34. The van der Waals surface area contributed by atoms with Gasteiger partial charge in [0.2, 0.25) is 0 Å². The number of halogens is 1. The monoisotopic (exact) mass is 427 g/mol. The van der Waals surface area contributed by atoms with E-state index in [9.17, 15) is 24.8 Å². The van der Waals surface area contributed by atoms with Crippen molar-refractivity contribution in [2.24, 2.45) is 0 Å². The smallest absolute Gasteiger partial charge is 0.330 e. The minimum Gasteiger partial charge on any atom is -0.394 e. The van der Waals surface area contributed by atoms with Gasteiger partial charge in [0.25, 0.3) is 11.2 Å². The highest BCUT2D eigenvalue weighted by Crippen LogP contribution is 2.30. The zero-order chi connectivity index (χ0) is 19.0. The Labute approximate surface area is 154 Å². The van der Waals surface area contributed by atoms with E-state index in [1.807, 2.05) is 0 Å². The molecule has 2 aromatic rings. The van der Waals surface area contributed by atoms with Gasteiger partial charge in [-0.2, -0.15) is 0 Å². The van der Waals surface area contributed by atoms with Crippen LogP contribution >= 0.6 is 15.9 Å². The fourth-order valence-corrected chi connectivity index (χ4v) is 3.27. The topological polar surface area (TPSA) is 148 Å². The number of aliphatic hydroxyl groups excluding tert-OH is 2. The van der Waals surface area contributed by atoms with Crippen LogP contribution in [0.4, 0.5) is 5.69 Å². The van der Waals surface area contributed by atoms with E-state index in [0.29, 0.717) is 4.47 Å². The van der Waals surface area contributed by atoms with Crippen LogP contribution in [0.15, 0.2) is 38.5 Å². The molecule has 0 amide bonds. The Kier molecular flexibility index (Phi) is 5.05. The standard InChI is InChI=1S/C15H14BrN3O7/c16-8-1-7(2-9(3-8)19(24)25)10-5-18(15(23)17-14(10)22)13-4-11(21)12(6-20)26-13/h1-3,5,11-13,20-21H,4,6H2,(H,17,22,23)/t11-,12?,13+/m0/s1. The predicted octanol–water partition coefficient (Wildman–Crippen LogP) is 0.515. The van der Waals surface area contributed by atoms with E-state index in [1.54, 1.807) is 0 Å². The molecule has 10 nitrogen and oxygen atoms in total. The number of non-ortho nitro benzene ring substituents is 1. The Morgan fingerprint density at radius 2 is 2.12 bits per heavy atom. The first kappa shape index (κ1) is 18.5. The Morgan fingerprint density at radius 1 is 1.38 bits per heavy atom. The number of aromatic nitrogens is 2. The Morgan fingerprint density at radius 3 is 2.73 bits per heavy atom. The lowest BCUT2D eigenvalue weighted by atomic mass is 10.1. The van der Waals surface area contributed by atoms with E-state index in [4.69, 9.17) is 9.84 Å². The molecule has 26 heavy (non-hydrogen) atoms. The molecule has 1 aliphatic rings. The van der Waals surface area contributed by atoms with Gasteiger partial charge in [0.15, 0.2) is 0 Å². The van der Waals surface area contributed by atoms with E-state index in [-0.39, 0.29) is 23.2 Å². The summed E-state index contributed by atoms with van der Waals surface area (Å²) in [7, 11) is 0. The maximum absolute atomic E-state index is 12.2. The lowest BCUT2D eigenvalue weighted by Crippen LogP contribution is -2.33. The van der Waals surface area contributed by atoms with Crippen LogP contribution in [0.1, 0.15) is 12.6 Å². The van der Waals surface area contributed by atoms with Crippen molar-refractivity contribution >= 4 is 21.6 Å². The van der Waals surface area contributed by atoms with Crippen molar-refractivity contribution in [3.8, 4) is 11.1 Å². The fourth-order valence-electron chi connectivity index (χ4n) is 2.79. The van der Waals surface area contributed by atoms with Crippen molar-refractivity contribution < 1.29 is 19.9 Å². The van der Waals surface area contributed by atoms with Gasteiger partial charge < -0.3 is 14.9 Å². The van der Waals surface area contributed by atoms with Crippen LogP contribution in [0.25, 0.3) is 11.1 Å². The summed E-state index contributed by atoms with van der Waals surface area (Å²) in [6.45, 7) is -0.416. The van der Waals surface area contributed by atoms with E-state index < -0.39 is 41.2 Å². The van der Waals surface area contributed by atoms with E-state index in [2.05, 4.69) is 20.9 Å². The van der Waals surface area contributed by atoms with E-state index in [0.717, 1.165) is 4.57 Å². The molecule has 0 bridgehead atoms. The summed E-state index contributed by atoms with van der Waals surface area (Å²) >= 11 is 3.16. The molecule has 1 saturated heterocycles. The molecule has 11 heteroatoms. The van der Waals surface area contributed by atoms with Crippen molar-refractivity contribution in [1.82, 2.24) is 9.55 Å². The molecule has 1 aromatic carbocycles. The van der Waals surface area contributed by atoms with Crippen LogP contribution in [0, 0.1) is 10.1 Å². The summed E-state index contributed by atoms with van der Waals surface area (Å²) in [6, 6.07) is 4.01.